The topological polar surface area (TPSA) is 50.9 Å². The Morgan fingerprint density at radius 3 is 1.95 bits per heavy atom. The summed E-state index contributed by atoms with van der Waals surface area (Å²) < 4.78 is 65.8. The minimum Gasteiger partial charge on any atom is -0.377 e. The highest BCUT2D eigenvalue weighted by atomic mass is 19.4. The van der Waals surface area contributed by atoms with Crippen LogP contribution in [0.1, 0.15) is 18.1 Å². The lowest BCUT2D eigenvalue weighted by Crippen LogP contribution is -2.45. The monoisotopic (exact) mass is 307 g/mol. The van der Waals surface area contributed by atoms with E-state index in [1.165, 1.54) is 0 Å². The Morgan fingerprint density at radius 1 is 1.00 bits per heavy atom. The highest BCUT2D eigenvalue weighted by molar-refractivity contribution is 5.29. The zero-order chi connectivity index (χ0) is 15.9. The van der Waals surface area contributed by atoms with Crippen molar-refractivity contribution in [1.82, 2.24) is 14.8 Å². The molecule has 21 heavy (non-hydrogen) atoms. The van der Waals surface area contributed by atoms with Crippen LogP contribution in [0.4, 0.5) is 22.0 Å². The molecule has 1 N–H and O–H groups in total. The van der Waals surface area contributed by atoms with Gasteiger partial charge in [0.05, 0.1) is 5.56 Å². The van der Waals surface area contributed by atoms with Gasteiger partial charge in [-0.2, -0.15) is 31.7 Å². The number of hydrogen-bond donors (Lipinski definition) is 1. The Hall–Kier alpha value is -2.03. The van der Waals surface area contributed by atoms with Gasteiger partial charge in [0.15, 0.2) is 5.60 Å². The lowest BCUT2D eigenvalue weighted by Gasteiger charge is -2.32. The van der Waals surface area contributed by atoms with Crippen molar-refractivity contribution in [2.75, 3.05) is 0 Å². The van der Waals surface area contributed by atoms with Crippen molar-refractivity contribution >= 4 is 0 Å². The Bertz CT molecular complexity index is 605. The van der Waals surface area contributed by atoms with Crippen molar-refractivity contribution in [3.63, 3.8) is 0 Å². The molecule has 0 fully saturated rings. The van der Waals surface area contributed by atoms with Crippen molar-refractivity contribution < 1.29 is 27.1 Å². The third-order valence-corrected chi connectivity index (χ3v) is 3.07. The number of halogens is 5. The summed E-state index contributed by atoms with van der Waals surface area (Å²) >= 11 is 0. The van der Waals surface area contributed by atoms with Crippen molar-refractivity contribution in [2.45, 2.75) is 24.7 Å². The first kappa shape index (κ1) is 15.4. The summed E-state index contributed by atoms with van der Waals surface area (Å²) in [6.07, 6.45) is -3.02. The van der Waals surface area contributed by atoms with E-state index >= 15 is 0 Å². The Labute approximate surface area is 115 Å². The van der Waals surface area contributed by atoms with Crippen molar-refractivity contribution in [1.29, 1.82) is 0 Å². The second-order valence-electron chi connectivity index (χ2n) is 4.53. The molecular formula is C12H10F5N3O. The first-order valence-corrected chi connectivity index (χ1v) is 5.70. The maximum atomic E-state index is 14.2. The van der Waals surface area contributed by atoms with Gasteiger partial charge in [0, 0.05) is 0 Å². The van der Waals surface area contributed by atoms with Crippen LogP contribution >= 0.6 is 0 Å². The van der Waals surface area contributed by atoms with Crippen LogP contribution in [0.5, 0.6) is 0 Å². The zero-order valence-corrected chi connectivity index (χ0v) is 10.6. The lowest BCUT2D eigenvalue weighted by atomic mass is 9.92. The van der Waals surface area contributed by atoms with Gasteiger partial charge in [-0.25, -0.2) is 4.98 Å². The van der Waals surface area contributed by atoms with Crippen LogP contribution < -0.4 is 0 Å². The number of hydrogen-bond acceptors (Lipinski definition) is 3. The molecule has 1 unspecified atom stereocenters. The number of rotatable bonds is 3. The molecule has 114 valence electrons. The molecule has 1 heterocycles. The molecule has 0 saturated carbocycles. The van der Waals surface area contributed by atoms with E-state index in [-0.39, 0.29) is 10.2 Å². The van der Waals surface area contributed by atoms with E-state index < -0.39 is 23.4 Å². The van der Waals surface area contributed by atoms with E-state index in [9.17, 15) is 27.1 Å². The maximum Gasteiger partial charge on any atom is 0.416 e. The molecule has 1 aromatic heterocycles. The molecule has 1 aromatic carbocycles. The van der Waals surface area contributed by atoms with E-state index in [0.717, 1.165) is 25.4 Å². The number of aliphatic hydroxyl groups is 1. The van der Waals surface area contributed by atoms with Gasteiger partial charge in [0.25, 0.3) is 0 Å². The van der Waals surface area contributed by atoms with E-state index in [0.29, 0.717) is 18.5 Å². The van der Waals surface area contributed by atoms with Crippen LogP contribution in [0, 0.1) is 0 Å². The fraction of sp³-hybridized carbons (Fsp3) is 0.333. The van der Waals surface area contributed by atoms with Crippen LogP contribution in [0.3, 0.4) is 0 Å². The molecule has 1 atom stereocenters. The smallest absolute Gasteiger partial charge is 0.377 e. The molecule has 0 amide bonds. The first-order chi connectivity index (χ1) is 9.57. The van der Waals surface area contributed by atoms with Gasteiger partial charge in [-0.1, -0.05) is 12.1 Å². The summed E-state index contributed by atoms with van der Waals surface area (Å²) in [5, 5.41) is 13.3. The summed E-state index contributed by atoms with van der Waals surface area (Å²) in [5.74, 6) is 0. The quantitative estimate of drug-likeness (QED) is 0.887. The molecule has 0 spiro atoms. The summed E-state index contributed by atoms with van der Waals surface area (Å²) in [6, 6.07) is -1.03. The molecule has 0 radical (unpaired) electrons. The van der Waals surface area contributed by atoms with Crippen LogP contribution in [-0.4, -0.2) is 19.9 Å². The summed E-state index contributed by atoms with van der Waals surface area (Å²) in [5.41, 5.74) is -4.13. The van der Waals surface area contributed by atoms with E-state index in [1.54, 1.807) is 0 Å². The van der Waals surface area contributed by atoms with Gasteiger partial charge in [-0.05, 0) is 24.6 Å². The predicted molar refractivity (Wildman–Crippen MR) is 61.2 cm³/mol. The standard InChI is InChI=1S/C12H10F5N3O/c1-10(21,12(16,17)20-7-18-6-19-20)8-2-4-9(5-3-8)11(13,14)15/h2-7,21H,1H3. The molecule has 0 bridgehead atoms. The van der Waals surface area contributed by atoms with Gasteiger partial charge in [-0.3, -0.25) is 0 Å². The van der Waals surface area contributed by atoms with Crippen LogP contribution in [0.2, 0.25) is 0 Å². The fourth-order valence-electron chi connectivity index (χ4n) is 1.73. The number of alkyl halides is 5. The Kier molecular flexibility index (Phi) is 3.48. The van der Waals surface area contributed by atoms with E-state index in [2.05, 4.69) is 10.1 Å². The van der Waals surface area contributed by atoms with Gasteiger partial charge in [-0.15, -0.1) is 0 Å². The van der Waals surface area contributed by atoms with E-state index in [1.807, 2.05) is 0 Å². The average Bonchev–Trinajstić information content (AvgIpc) is 2.92. The largest absolute Gasteiger partial charge is 0.416 e. The molecule has 2 aromatic rings. The number of aromatic nitrogens is 3. The highest BCUT2D eigenvalue weighted by Crippen LogP contribution is 2.41. The number of nitrogens with zero attached hydrogens (tertiary/aromatic N) is 3. The lowest BCUT2D eigenvalue weighted by molar-refractivity contribution is -0.240. The number of benzene rings is 1. The zero-order valence-electron chi connectivity index (χ0n) is 10.6. The normalized spacial score (nSPS) is 15.8. The molecule has 0 aliphatic heterocycles. The molecule has 0 aliphatic rings. The third kappa shape index (κ3) is 2.60. The minimum atomic E-state index is -4.58. The van der Waals surface area contributed by atoms with Crippen molar-refractivity contribution in [3.05, 3.63) is 48.0 Å². The van der Waals surface area contributed by atoms with Gasteiger partial charge in [0.1, 0.15) is 12.7 Å². The van der Waals surface area contributed by atoms with Crippen molar-refractivity contribution in [3.8, 4) is 0 Å². The minimum absolute atomic E-state index is 0.144. The van der Waals surface area contributed by atoms with Crippen molar-refractivity contribution in [2.24, 2.45) is 0 Å². The summed E-state index contributed by atoms with van der Waals surface area (Å²) in [6.45, 7) is 0.789. The average molecular weight is 307 g/mol. The molecule has 0 aliphatic carbocycles. The van der Waals surface area contributed by atoms with Crippen LogP contribution in [0.15, 0.2) is 36.9 Å². The first-order valence-electron chi connectivity index (χ1n) is 5.70. The van der Waals surface area contributed by atoms with Gasteiger partial charge < -0.3 is 5.11 Å². The second kappa shape index (κ2) is 4.76. The molecular weight excluding hydrogens is 297 g/mol. The maximum absolute atomic E-state index is 14.2. The highest BCUT2D eigenvalue weighted by Gasteiger charge is 2.53. The fourth-order valence-corrected chi connectivity index (χ4v) is 1.73. The predicted octanol–water partition coefficient (Wildman–Crippen LogP) is 2.75. The molecule has 4 nitrogen and oxygen atoms in total. The third-order valence-electron chi connectivity index (χ3n) is 3.07. The summed E-state index contributed by atoms with van der Waals surface area (Å²) in [7, 11) is 0. The Balaban J connectivity index is 2.40. The second-order valence-corrected chi connectivity index (χ2v) is 4.53. The molecule has 0 saturated heterocycles. The van der Waals surface area contributed by atoms with Crippen LogP contribution in [0.25, 0.3) is 0 Å². The SMILES string of the molecule is CC(O)(c1ccc(C(F)(F)F)cc1)C(F)(F)n1cncn1. The Morgan fingerprint density at radius 2 is 1.52 bits per heavy atom. The molecule has 2 rings (SSSR count). The van der Waals surface area contributed by atoms with Gasteiger partial charge in [0.2, 0.25) is 0 Å². The van der Waals surface area contributed by atoms with Gasteiger partial charge >= 0.3 is 12.2 Å². The van der Waals surface area contributed by atoms with Crippen LogP contribution in [-0.2, 0) is 17.8 Å². The molecule has 9 heteroatoms. The van der Waals surface area contributed by atoms with E-state index in [4.69, 9.17) is 0 Å². The summed E-state index contributed by atoms with van der Waals surface area (Å²) in [4.78, 5) is 3.35.